The first kappa shape index (κ1) is 16.1. The molecule has 0 saturated heterocycles. The van der Waals surface area contributed by atoms with E-state index in [-0.39, 0.29) is 11.9 Å². The third-order valence-corrected chi connectivity index (χ3v) is 2.90. The third kappa shape index (κ3) is 3.77. The van der Waals surface area contributed by atoms with E-state index in [9.17, 15) is 4.79 Å². The lowest BCUT2D eigenvalue weighted by Crippen LogP contribution is -2.34. The molecule has 0 aromatic heterocycles. The number of methoxy groups -OCH3 is 3. The first-order valence-corrected chi connectivity index (χ1v) is 6.38. The van der Waals surface area contributed by atoms with E-state index < -0.39 is 0 Å². The molecule has 112 valence electrons. The molecule has 0 radical (unpaired) electrons. The van der Waals surface area contributed by atoms with E-state index in [0.29, 0.717) is 29.4 Å². The quantitative estimate of drug-likeness (QED) is 0.784. The number of hydrogen-bond acceptors (Lipinski definition) is 5. The van der Waals surface area contributed by atoms with Crippen molar-refractivity contribution in [3.8, 4) is 17.2 Å². The number of carbonyl (C=O) groups is 1. The fourth-order valence-electron chi connectivity index (χ4n) is 1.84. The summed E-state index contributed by atoms with van der Waals surface area (Å²) in [6.45, 7) is 2.43. The molecule has 1 atom stereocenters. The highest BCUT2D eigenvalue weighted by atomic mass is 16.5. The van der Waals surface area contributed by atoms with Crippen molar-refractivity contribution in [2.75, 3.05) is 27.9 Å². The van der Waals surface area contributed by atoms with Crippen molar-refractivity contribution in [1.82, 2.24) is 5.32 Å². The Labute approximate surface area is 119 Å². The van der Waals surface area contributed by atoms with Crippen LogP contribution in [0.3, 0.4) is 0 Å². The first-order valence-electron chi connectivity index (χ1n) is 6.38. The van der Waals surface area contributed by atoms with Gasteiger partial charge in [0.05, 0.1) is 21.3 Å². The summed E-state index contributed by atoms with van der Waals surface area (Å²) in [6, 6.07) is 3.24. The molecule has 0 spiro atoms. The van der Waals surface area contributed by atoms with Gasteiger partial charge in [0.25, 0.3) is 5.91 Å². The predicted molar refractivity (Wildman–Crippen MR) is 76.7 cm³/mol. The van der Waals surface area contributed by atoms with Crippen molar-refractivity contribution in [1.29, 1.82) is 0 Å². The second-order valence-corrected chi connectivity index (χ2v) is 4.37. The van der Waals surface area contributed by atoms with E-state index >= 15 is 0 Å². The summed E-state index contributed by atoms with van der Waals surface area (Å²) in [6.07, 6.45) is 0.718. The Bertz CT molecular complexity index is 437. The van der Waals surface area contributed by atoms with Crippen molar-refractivity contribution in [3.05, 3.63) is 17.7 Å². The largest absolute Gasteiger partial charge is 0.493 e. The number of carbonyl (C=O) groups excluding carboxylic acids is 1. The van der Waals surface area contributed by atoms with E-state index in [1.807, 2.05) is 6.92 Å². The average molecular weight is 282 g/mol. The normalized spacial score (nSPS) is 11.7. The van der Waals surface area contributed by atoms with Gasteiger partial charge in [-0.05, 0) is 32.0 Å². The topological polar surface area (TPSA) is 82.8 Å². The zero-order valence-corrected chi connectivity index (χ0v) is 12.4. The van der Waals surface area contributed by atoms with Crippen LogP contribution in [0.4, 0.5) is 0 Å². The fourth-order valence-corrected chi connectivity index (χ4v) is 1.84. The van der Waals surface area contributed by atoms with Gasteiger partial charge >= 0.3 is 0 Å². The predicted octanol–water partition coefficient (Wildman–Crippen LogP) is 1.18. The zero-order chi connectivity index (χ0) is 15.1. The average Bonchev–Trinajstić information content (AvgIpc) is 2.45. The zero-order valence-electron chi connectivity index (χ0n) is 12.4. The fraction of sp³-hybridized carbons (Fsp3) is 0.500. The van der Waals surface area contributed by atoms with E-state index in [1.165, 1.54) is 21.3 Å². The maximum absolute atomic E-state index is 12.2. The minimum atomic E-state index is -0.204. The molecule has 6 nitrogen and oxygen atoms in total. The molecule has 0 fully saturated rings. The SMILES string of the molecule is COc1cc(C(=O)NC(C)CCN)cc(OC)c1OC. The maximum atomic E-state index is 12.2. The van der Waals surface area contributed by atoms with Gasteiger partial charge in [0.2, 0.25) is 5.75 Å². The number of ether oxygens (including phenoxy) is 3. The molecule has 1 rings (SSSR count). The molecule has 0 aliphatic heterocycles. The molecule has 1 amide bonds. The molecular formula is C14H22N2O4. The number of nitrogens with one attached hydrogen (secondary N) is 1. The standard InChI is InChI=1S/C14H22N2O4/c1-9(5-6-15)16-14(17)10-7-11(18-2)13(20-4)12(8-10)19-3/h7-9H,5-6,15H2,1-4H3,(H,16,17). The van der Waals surface area contributed by atoms with Crippen molar-refractivity contribution in [2.45, 2.75) is 19.4 Å². The molecule has 1 aromatic carbocycles. The van der Waals surface area contributed by atoms with Crippen LogP contribution in [0.2, 0.25) is 0 Å². The van der Waals surface area contributed by atoms with Gasteiger partial charge in [-0.3, -0.25) is 4.79 Å². The molecule has 0 aliphatic rings. The van der Waals surface area contributed by atoms with Crippen LogP contribution >= 0.6 is 0 Å². The van der Waals surface area contributed by atoms with Crippen LogP contribution in [0, 0.1) is 0 Å². The Balaban J connectivity index is 3.03. The van der Waals surface area contributed by atoms with Crippen molar-refractivity contribution < 1.29 is 19.0 Å². The highest BCUT2D eigenvalue weighted by Gasteiger charge is 2.17. The monoisotopic (exact) mass is 282 g/mol. The van der Waals surface area contributed by atoms with Crippen LogP contribution in [0.15, 0.2) is 12.1 Å². The van der Waals surface area contributed by atoms with Crippen molar-refractivity contribution in [2.24, 2.45) is 5.73 Å². The lowest BCUT2D eigenvalue weighted by atomic mass is 10.1. The van der Waals surface area contributed by atoms with Crippen LogP contribution in [0.1, 0.15) is 23.7 Å². The van der Waals surface area contributed by atoms with E-state index in [1.54, 1.807) is 12.1 Å². The van der Waals surface area contributed by atoms with Crippen molar-refractivity contribution in [3.63, 3.8) is 0 Å². The number of benzene rings is 1. The molecule has 3 N–H and O–H groups in total. The molecule has 0 bridgehead atoms. The van der Waals surface area contributed by atoms with Crippen LogP contribution in [-0.4, -0.2) is 39.8 Å². The number of nitrogens with two attached hydrogens (primary N) is 1. The number of hydrogen-bond donors (Lipinski definition) is 2. The lowest BCUT2D eigenvalue weighted by molar-refractivity contribution is 0.0938. The van der Waals surface area contributed by atoms with Crippen LogP contribution in [0.25, 0.3) is 0 Å². The van der Waals surface area contributed by atoms with Gasteiger partial charge in [-0.25, -0.2) is 0 Å². The third-order valence-electron chi connectivity index (χ3n) is 2.90. The first-order chi connectivity index (χ1) is 9.57. The Morgan fingerprint density at radius 2 is 1.75 bits per heavy atom. The van der Waals surface area contributed by atoms with Gasteiger partial charge in [0, 0.05) is 11.6 Å². The van der Waals surface area contributed by atoms with Gasteiger partial charge in [-0.1, -0.05) is 0 Å². The Hall–Kier alpha value is -1.95. The van der Waals surface area contributed by atoms with Gasteiger partial charge in [-0.2, -0.15) is 0 Å². The summed E-state index contributed by atoms with van der Waals surface area (Å²) >= 11 is 0. The molecule has 0 heterocycles. The summed E-state index contributed by atoms with van der Waals surface area (Å²) in [5.74, 6) is 1.15. The van der Waals surface area contributed by atoms with E-state index in [2.05, 4.69) is 5.32 Å². The minimum Gasteiger partial charge on any atom is -0.493 e. The molecule has 0 aliphatic carbocycles. The summed E-state index contributed by atoms with van der Waals surface area (Å²) < 4.78 is 15.6. The van der Waals surface area contributed by atoms with E-state index in [0.717, 1.165) is 6.42 Å². The summed E-state index contributed by atoms with van der Waals surface area (Å²) in [7, 11) is 4.54. The van der Waals surface area contributed by atoms with Crippen LogP contribution in [0.5, 0.6) is 17.2 Å². The van der Waals surface area contributed by atoms with Gasteiger partial charge in [-0.15, -0.1) is 0 Å². The highest BCUT2D eigenvalue weighted by Crippen LogP contribution is 2.38. The summed E-state index contributed by atoms with van der Waals surface area (Å²) in [5, 5.41) is 2.87. The summed E-state index contributed by atoms with van der Waals surface area (Å²) in [4.78, 5) is 12.2. The Morgan fingerprint density at radius 1 is 1.20 bits per heavy atom. The Morgan fingerprint density at radius 3 is 2.15 bits per heavy atom. The maximum Gasteiger partial charge on any atom is 0.251 e. The molecule has 20 heavy (non-hydrogen) atoms. The molecule has 6 heteroatoms. The highest BCUT2D eigenvalue weighted by molar-refractivity contribution is 5.95. The van der Waals surface area contributed by atoms with Crippen LogP contribution < -0.4 is 25.3 Å². The molecule has 1 unspecified atom stereocenters. The molecule has 0 saturated carbocycles. The van der Waals surface area contributed by atoms with Gasteiger partial charge in [0.15, 0.2) is 11.5 Å². The Kier molecular flexibility index (Phi) is 6.11. The van der Waals surface area contributed by atoms with Crippen LogP contribution in [-0.2, 0) is 0 Å². The second-order valence-electron chi connectivity index (χ2n) is 4.37. The number of rotatable bonds is 7. The minimum absolute atomic E-state index is 0.00610. The molecule has 1 aromatic rings. The molecular weight excluding hydrogens is 260 g/mol. The number of amides is 1. The van der Waals surface area contributed by atoms with Gasteiger partial charge < -0.3 is 25.3 Å². The van der Waals surface area contributed by atoms with Crippen molar-refractivity contribution >= 4 is 5.91 Å². The van der Waals surface area contributed by atoms with Gasteiger partial charge in [0.1, 0.15) is 0 Å². The summed E-state index contributed by atoms with van der Waals surface area (Å²) in [5.41, 5.74) is 5.91. The smallest absolute Gasteiger partial charge is 0.251 e. The van der Waals surface area contributed by atoms with E-state index in [4.69, 9.17) is 19.9 Å². The second kappa shape index (κ2) is 7.59. The lowest BCUT2D eigenvalue weighted by Gasteiger charge is -2.16.